The highest BCUT2D eigenvalue weighted by Gasteiger charge is 2.25. The van der Waals surface area contributed by atoms with Crippen LogP contribution in [0.2, 0.25) is 0 Å². The van der Waals surface area contributed by atoms with E-state index in [1.165, 1.54) is 0 Å². The lowest BCUT2D eigenvalue weighted by atomic mass is 10.1. The van der Waals surface area contributed by atoms with Gasteiger partial charge < -0.3 is 10.6 Å². The van der Waals surface area contributed by atoms with Crippen molar-refractivity contribution in [2.24, 2.45) is 0 Å². The third kappa shape index (κ3) is 3.07. The smallest absolute Gasteiger partial charge is 0.259 e. The van der Waals surface area contributed by atoms with E-state index in [9.17, 15) is 4.79 Å². The molecule has 6 heteroatoms. The minimum atomic E-state index is 0.00698. The van der Waals surface area contributed by atoms with Gasteiger partial charge in [0.05, 0.1) is 11.3 Å². The average molecular weight is 475 g/mol. The molecule has 108 valence electrons. The number of hydrogen-bond donors (Lipinski definition) is 1. The molecular weight excluding hydrogens is 463 g/mol. The first-order chi connectivity index (χ1) is 10.1. The highest BCUT2D eigenvalue weighted by molar-refractivity contribution is 14.1. The van der Waals surface area contributed by atoms with Crippen molar-refractivity contribution in [3.8, 4) is 0 Å². The van der Waals surface area contributed by atoms with E-state index in [0.29, 0.717) is 17.8 Å². The quantitative estimate of drug-likeness (QED) is 0.492. The van der Waals surface area contributed by atoms with Gasteiger partial charge in [0.25, 0.3) is 5.91 Å². The van der Waals surface area contributed by atoms with E-state index < -0.39 is 0 Å². The first-order valence-corrected chi connectivity index (χ1v) is 9.21. The van der Waals surface area contributed by atoms with Crippen LogP contribution in [0.1, 0.15) is 10.4 Å². The summed E-state index contributed by atoms with van der Waals surface area (Å²) in [5, 5.41) is 0. The van der Waals surface area contributed by atoms with Crippen LogP contribution in [0.5, 0.6) is 0 Å². The third-order valence-corrected chi connectivity index (χ3v) is 5.66. The van der Waals surface area contributed by atoms with E-state index in [2.05, 4.69) is 38.5 Å². The summed E-state index contributed by atoms with van der Waals surface area (Å²) < 4.78 is 1.86. The summed E-state index contributed by atoms with van der Waals surface area (Å²) >= 11 is 7.45. The average Bonchev–Trinajstić information content (AvgIpc) is 2.48. The largest absolute Gasteiger partial charge is 0.399 e. The summed E-state index contributed by atoms with van der Waals surface area (Å²) in [4.78, 5) is 15.8. The molecule has 21 heavy (non-hydrogen) atoms. The number of amides is 1. The number of nitrogens with zero attached hydrogens (tertiary/aromatic N) is 1. The fourth-order valence-corrected chi connectivity index (χ4v) is 4.13. The Bertz CT molecular complexity index is 723. The van der Waals surface area contributed by atoms with E-state index >= 15 is 0 Å². The number of benzene rings is 2. The maximum absolute atomic E-state index is 12.9. The zero-order chi connectivity index (χ0) is 15.0. The van der Waals surface area contributed by atoms with Crippen molar-refractivity contribution in [1.29, 1.82) is 0 Å². The number of halogens is 2. The SMILES string of the molecule is Nc1ccc2c(c1)N(C(=O)c1cc(I)ccc1Br)CCS2. The number of fused-ring (bicyclic) bond motifs is 1. The summed E-state index contributed by atoms with van der Waals surface area (Å²) in [6, 6.07) is 11.5. The highest BCUT2D eigenvalue weighted by atomic mass is 127. The van der Waals surface area contributed by atoms with Crippen LogP contribution < -0.4 is 10.6 Å². The topological polar surface area (TPSA) is 46.3 Å². The Labute approximate surface area is 149 Å². The molecule has 0 saturated carbocycles. The van der Waals surface area contributed by atoms with Crippen LogP contribution in [-0.2, 0) is 0 Å². The molecular formula is C15H12BrIN2OS. The Morgan fingerprint density at radius 2 is 2.10 bits per heavy atom. The molecule has 0 bridgehead atoms. The van der Waals surface area contributed by atoms with Gasteiger partial charge in [-0.05, 0) is 74.9 Å². The number of carbonyl (C=O) groups excluding carboxylic acids is 1. The van der Waals surface area contributed by atoms with Gasteiger partial charge in [-0.25, -0.2) is 0 Å². The Hall–Kier alpha value is -0.730. The lowest BCUT2D eigenvalue weighted by Gasteiger charge is -2.29. The predicted octanol–water partition coefficient (Wildman–Crippen LogP) is 4.39. The lowest BCUT2D eigenvalue weighted by molar-refractivity contribution is 0.0987. The third-order valence-electron chi connectivity index (χ3n) is 3.25. The number of nitrogen functional groups attached to an aromatic ring is 1. The minimum Gasteiger partial charge on any atom is -0.399 e. The summed E-state index contributed by atoms with van der Waals surface area (Å²) in [6.45, 7) is 0.692. The Morgan fingerprint density at radius 1 is 1.29 bits per heavy atom. The van der Waals surface area contributed by atoms with Crippen LogP contribution in [0, 0.1) is 3.57 Å². The molecule has 2 aromatic carbocycles. The van der Waals surface area contributed by atoms with Crippen LogP contribution in [0.4, 0.5) is 11.4 Å². The normalized spacial score (nSPS) is 13.9. The maximum Gasteiger partial charge on any atom is 0.259 e. The summed E-state index contributed by atoms with van der Waals surface area (Å²) in [5.74, 6) is 0.900. The van der Waals surface area contributed by atoms with Crippen molar-refractivity contribution < 1.29 is 4.79 Å². The van der Waals surface area contributed by atoms with Gasteiger partial charge >= 0.3 is 0 Å². The predicted molar refractivity (Wildman–Crippen MR) is 100 cm³/mol. The second kappa shape index (κ2) is 6.18. The molecule has 2 aromatic rings. The molecule has 0 unspecified atom stereocenters. The molecule has 1 amide bonds. The van der Waals surface area contributed by atoms with Gasteiger partial charge in [-0.1, -0.05) is 0 Å². The molecule has 1 aliphatic heterocycles. The van der Waals surface area contributed by atoms with Gasteiger partial charge in [0, 0.05) is 30.9 Å². The van der Waals surface area contributed by atoms with E-state index in [-0.39, 0.29) is 5.91 Å². The minimum absolute atomic E-state index is 0.00698. The van der Waals surface area contributed by atoms with Gasteiger partial charge in [0.1, 0.15) is 0 Å². The second-order valence-electron chi connectivity index (χ2n) is 4.66. The molecule has 1 aliphatic rings. The van der Waals surface area contributed by atoms with Gasteiger partial charge in [-0.3, -0.25) is 4.79 Å². The second-order valence-corrected chi connectivity index (χ2v) is 7.89. The molecule has 0 aliphatic carbocycles. The summed E-state index contributed by atoms with van der Waals surface area (Å²) in [6.07, 6.45) is 0. The zero-order valence-corrected chi connectivity index (χ0v) is 15.5. The van der Waals surface area contributed by atoms with Crippen LogP contribution in [-0.4, -0.2) is 18.2 Å². The lowest BCUT2D eigenvalue weighted by Crippen LogP contribution is -2.35. The molecule has 0 aromatic heterocycles. The van der Waals surface area contributed by atoms with E-state index in [0.717, 1.165) is 24.4 Å². The summed E-state index contributed by atoms with van der Waals surface area (Å²) in [5.41, 5.74) is 8.14. The van der Waals surface area contributed by atoms with Gasteiger partial charge in [-0.2, -0.15) is 0 Å². The Balaban J connectivity index is 2.04. The first-order valence-electron chi connectivity index (χ1n) is 6.35. The number of carbonyl (C=O) groups is 1. The number of thioether (sulfide) groups is 1. The number of anilines is 2. The van der Waals surface area contributed by atoms with Gasteiger partial charge in [0.2, 0.25) is 0 Å². The van der Waals surface area contributed by atoms with Crippen LogP contribution in [0.15, 0.2) is 45.8 Å². The molecule has 3 rings (SSSR count). The van der Waals surface area contributed by atoms with Crippen molar-refractivity contribution in [3.05, 3.63) is 50.0 Å². The Morgan fingerprint density at radius 3 is 2.90 bits per heavy atom. The fraction of sp³-hybridized carbons (Fsp3) is 0.133. The van der Waals surface area contributed by atoms with Crippen molar-refractivity contribution in [3.63, 3.8) is 0 Å². The van der Waals surface area contributed by atoms with Gasteiger partial charge in [0.15, 0.2) is 0 Å². The number of rotatable bonds is 1. The molecule has 1 heterocycles. The summed E-state index contributed by atoms with van der Waals surface area (Å²) in [7, 11) is 0. The number of nitrogens with two attached hydrogens (primary N) is 1. The van der Waals surface area contributed by atoms with Crippen LogP contribution >= 0.6 is 50.3 Å². The van der Waals surface area contributed by atoms with E-state index in [4.69, 9.17) is 5.73 Å². The van der Waals surface area contributed by atoms with Crippen molar-refractivity contribution in [2.45, 2.75) is 4.90 Å². The van der Waals surface area contributed by atoms with Crippen molar-refractivity contribution in [2.75, 3.05) is 22.9 Å². The Kier molecular flexibility index (Phi) is 4.46. The molecule has 0 saturated heterocycles. The van der Waals surface area contributed by atoms with E-state index in [1.54, 1.807) is 11.8 Å². The maximum atomic E-state index is 12.9. The molecule has 0 radical (unpaired) electrons. The molecule has 0 fully saturated rings. The standard InChI is InChI=1S/C15H12BrIN2OS/c16-12-3-1-9(17)7-11(12)15(20)19-5-6-21-14-4-2-10(18)8-13(14)19/h1-4,7-8H,5-6,18H2. The molecule has 0 spiro atoms. The van der Waals surface area contributed by atoms with Crippen LogP contribution in [0.3, 0.4) is 0 Å². The highest BCUT2D eigenvalue weighted by Crippen LogP contribution is 2.37. The monoisotopic (exact) mass is 474 g/mol. The fourth-order valence-electron chi connectivity index (χ4n) is 2.25. The van der Waals surface area contributed by atoms with Crippen molar-refractivity contribution >= 4 is 67.6 Å². The first kappa shape index (κ1) is 15.2. The van der Waals surface area contributed by atoms with E-state index in [1.807, 2.05) is 41.3 Å². The molecule has 3 nitrogen and oxygen atoms in total. The van der Waals surface area contributed by atoms with Crippen LogP contribution in [0.25, 0.3) is 0 Å². The van der Waals surface area contributed by atoms with Gasteiger partial charge in [-0.15, -0.1) is 11.8 Å². The molecule has 0 atom stereocenters. The van der Waals surface area contributed by atoms with Crippen molar-refractivity contribution in [1.82, 2.24) is 0 Å². The molecule has 2 N–H and O–H groups in total. The number of hydrogen-bond acceptors (Lipinski definition) is 3. The zero-order valence-electron chi connectivity index (χ0n) is 11.0.